The third kappa shape index (κ3) is 4.50. The zero-order valence-electron chi connectivity index (χ0n) is 22.1. The van der Waals surface area contributed by atoms with E-state index in [4.69, 9.17) is 9.47 Å². The first-order chi connectivity index (χ1) is 17.8. The smallest absolute Gasteiger partial charge is 0.412 e. The lowest BCUT2D eigenvalue weighted by atomic mass is 9.53. The Hall–Kier alpha value is -3.31. The van der Waals surface area contributed by atoms with Crippen LogP contribution in [0.25, 0.3) is 0 Å². The number of benzene rings is 3. The van der Waals surface area contributed by atoms with E-state index in [1.54, 1.807) is 12.0 Å². The van der Waals surface area contributed by atoms with Crippen molar-refractivity contribution >= 4 is 6.09 Å². The Morgan fingerprint density at radius 1 is 0.919 bits per heavy atom. The van der Waals surface area contributed by atoms with Gasteiger partial charge in [0.15, 0.2) is 0 Å². The number of amides is 1. The van der Waals surface area contributed by atoms with Crippen molar-refractivity contribution in [3.8, 4) is 5.75 Å². The van der Waals surface area contributed by atoms with E-state index in [0.29, 0.717) is 6.54 Å². The van der Waals surface area contributed by atoms with Gasteiger partial charge < -0.3 is 14.6 Å². The van der Waals surface area contributed by atoms with Gasteiger partial charge in [-0.05, 0) is 68.2 Å². The number of carbonyl (C=O) groups is 1. The predicted molar refractivity (Wildman–Crippen MR) is 145 cm³/mol. The minimum absolute atomic E-state index is 0.0246. The molecule has 0 aromatic heterocycles. The van der Waals surface area contributed by atoms with Crippen LogP contribution in [0.15, 0.2) is 84.9 Å². The van der Waals surface area contributed by atoms with Crippen LogP contribution in [-0.2, 0) is 10.2 Å². The first-order valence-electron chi connectivity index (χ1n) is 13.2. The molecule has 5 heteroatoms. The monoisotopic (exact) mass is 499 g/mol. The average molecular weight is 500 g/mol. The Bertz CT molecular complexity index is 1180. The van der Waals surface area contributed by atoms with Gasteiger partial charge in [-0.15, -0.1) is 0 Å². The van der Waals surface area contributed by atoms with Crippen molar-refractivity contribution in [3.05, 3.63) is 102 Å². The van der Waals surface area contributed by atoms with Gasteiger partial charge in [0.1, 0.15) is 17.6 Å². The minimum atomic E-state index is -0.970. The second-order valence-corrected chi connectivity index (χ2v) is 11.3. The molecule has 1 aliphatic heterocycles. The van der Waals surface area contributed by atoms with Gasteiger partial charge in [-0.25, -0.2) is 4.79 Å². The second-order valence-electron chi connectivity index (χ2n) is 11.3. The van der Waals surface area contributed by atoms with Crippen molar-refractivity contribution in [2.24, 2.45) is 11.8 Å². The molecule has 194 valence electrons. The summed E-state index contributed by atoms with van der Waals surface area (Å²) in [6.45, 7) is 5.99. The fourth-order valence-electron chi connectivity index (χ4n) is 6.78. The van der Waals surface area contributed by atoms with E-state index in [1.807, 2.05) is 51.1 Å². The number of rotatable bonds is 4. The highest BCUT2D eigenvalue weighted by Crippen LogP contribution is 2.59. The van der Waals surface area contributed by atoms with Crippen LogP contribution < -0.4 is 4.74 Å². The molecule has 1 saturated heterocycles. The first kappa shape index (κ1) is 25.3. The zero-order valence-corrected chi connectivity index (χ0v) is 22.1. The van der Waals surface area contributed by atoms with E-state index in [0.717, 1.165) is 24.2 Å². The van der Waals surface area contributed by atoms with Crippen LogP contribution in [0.5, 0.6) is 5.75 Å². The van der Waals surface area contributed by atoms with E-state index in [2.05, 4.69) is 54.6 Å². The number of hydrogen-bond acceptors (Lipinski definition) is 4. The molecule has 1 amide bonds. The Morgan fingerprint density at radius 3 is 2.05 bits per heavy atom. The van der Waals surface area contributed by atoms with Gasteiger partial charge in [0.05, 0.1) is 7.11 Å². The maximum Gasteiger partial charge on any atom is 0.412 e. The number of nitrogens with zero attached hydrogens (tertiary/aromatic N) is 1. The first-order valence-corrected chi connectivity index (χ1v) is 13.2. The Morgan fingerprint density at radius 2 is 1.49 bits per heavy atom. The van der Waals surface area contributed by atoms with E-state index in [9.17, 15) is 9.90 Å². The third-order valence-corrected chi connectivity index (χ3v) is 8.21. The number of para-hydroxylation sites is 1. The molecule has 37 heavy (non-hydrogen) atoms. The Balaban J connectivity index is 1.67. The zero-order chi connectivity index (χ0) is 26.2. The molecule has 1 heterocycles. The fraction of sp³-hybridized carbons (Fsp3) is 0.406. The number of aliphatic hydroxyl groups is 1. The molecule has 3 aromatic carbocycles. The highest BCUT2D eigenvalue weighted by atomic mass is 16.6. The van der Waals surface area contributed by atoms with Crippen molar-refractivity contribution in [2.45, 2.75) is 56.8 Å². The van der Waals surface area contributed by atoms with Gasteiger partial charge in [0, 0.05) is 17.9 Å². The van der Waals surface area contributed by atoms with Gasteiger partial charge in [0.2, 0.25) is 0 Å². The highest BCUT2D eigenvalue weighted by Gasteiger charge is 2.60. The molecule has 0 bridgehead atoms. The van der Waals surface area contributed by atoms with Gasteiger partial charge in [-0.2, -0.15) is 0 Å². The van der Waals surface area contributed by atoms with E-state index in [-0.39, 0.29) is 23.2 Å². The lowest BCUT2D eigenvalue weighted by Gasteiger charge is -2.49. The predicted octanol–water partition coefficient (Wildman–Crippen LogP) is 6.36. The lowest BCUT2D eigenvalue weighted by molar-refractivity contribution is -0.0341. The van der Waals surface area contributed by atoms with Crippen molar-refractivity contribution in [3.63, 3.8) is 0 Å². The minimum Gasteiger partial charge on any atom is -0.496 e. The van der Waals surface area contributed by atoms with Crippen molar-refractivity contribution in [1.29, 1.82) is 0 Å². The van der Waals surface area contributed by atoms with Crippen LogP contribution in [0, 0.1) is 11.8 Å². The molecule has 2 fully saturated rings. The summed E-state index contributed by atoms with van der Waals surface area (Å²) in [6, 6.07) is 29.2. The van der Waals surface area contributed by atoms with Gasteiger partial charge in [-0.3, -0.25) is 4.90 Å². The summed E-state index contributed by atoms with van der Waals surface area (Å²) < 4.78 is 11.5. The molecule has 4 unspecified atom stereocenters. The summed E-state index contributed by atoms with van der Waals surface area (Å²) in [5.41, 5.74) is 2.51. The van der Waals surface area contributed by atoms with Crippen LogP contribution >= 0.6 is 0 Å². The van der Waals surface area contributed by atoms with E-state index < -0.39 is 17.9 Å². The normalized spacial score (nSPS) is 24.8. The number of fused-ring (bicyclic) bond motifs is 1. The molecule has 0 radical (unpaired) electrons. The summed E-state index contributed by atoms with van der Waals surface area (Å²) in [5, 5.41) is 11.9. The summed E-state index contributed by atoms with van der Waals surface area (Å²) in [4.78, 5) is 14.9. The topological polar surface area (TPSA) is 59.0 Å². The molecule has 0 spiro atoms. The van der Waals surface area contributed by atoms with Crippen molar-refractivity contribution < 1.29 is 19.4 Å². The number of likely N-dealkylation sites (tertiary alicyclic amines) is 1. The Labute approximate surface area is 220 Å². The number of methoxy groups -OCH3 is 1. The number of hydrogen-bond donors (Lipinski definition) is 1. The molecule has 5 nitrogen and oxygen atoms in total. The van der Waals surface area contributed by atoms with Gasteiger partial charge in [-0.1, -0.05) is 78.9 Å². The van der Waals surface area contributed by atoms with E-state index in [1.165, 1.54) is 11.1 Å². The second kappa shape index (κ2) is 9.86. The molecule has 1 saturated carbocycles. The summed E-state index contributed by atoms with van der Waals surface area (Å²) in [7, 11) is 1.69. The molecular formula is C32H37NO4. The van der Waals surface area contributed by atoms with Crippen LogP contribution in [0.4, 0.5) is 4.79 Å². The van der Waals surface area contributed by atoms with Gasteiger partial charge in [0.25, 0.3) is 0 Å². The standard InChI is InChI=1S/C32H37NO4/c1-31(2,3)37-30(35)33-21-26-28(29(33)34)25(24-17-11-12-18-27(24)36-4)19-20-32(26,22-13-7-5-8-14-22)23-15-9-6-10-16-23/h5-18,25-26,28-29,34H,19-21H2,1-4H3. The molecule has 5 rings (SSSR count). The molecule has 4 atom stereocenters. The van der Waals surface area contributed by atoms with E-state index >= 15 is 0 Å². The van der Waals surface area contributed by atoms with Crippen molar-refractivity contribution in [2.75, 3.05) is 13.7 Å². The number of carbonyl (C=O) groups excluding carboxylic acids is 1. The molecule has 1 N–H and O–H groups in total. The lowest BCUT2D eigenvalue weighted by Crippen LogP contribution is -2.47. The average Bonchev–Trinajstić information content (AvgIpc) is 3.26. The Kier molecular flexibility index (Phi) is 6.76. The number of aliphatic hydroxyl groups excluding tert-OH is 1. The third-order valence-electron chi connectivity index (χ3n) is 8.21. The number of ether oxygens (including phenoxy) is 2. The molecular weight excluding hydrogens is 462 g/mol. The maximum absolute atomic E-state index is 13.4. The molecule has 3 aromatic rings. The molecule has 1 aliphatic carbocycles. The highest BCUT2D eigenvalue weighted by molar-refractivity contribution is 5.69. The molecule has 2 aliphatic rings. The quantitative estimate of drug-likeness (QED) is 0.454. The van der Waals surface area contributed by atoms with Crippen LogP contribution in [0.1, 0.15) is 56.2 Å². The van der Waals surface area contributed by atoms with Crippen LogP contribution in [0.3, 0.4) is 0 Å². The largest absolute Gasteiger partial charge is 0.496 e. The summed E-state index contributed by atoms with van der Waals surface area (Å²) in [6.07, 6.45) is 0.301. The summed E-state index contributed by atoms with van der Waals surface area (Å²) >= 11 is 0. The SMILES string of the molecule is COc1ccccc1C1CCC(c2ccccc2)(c2ccccc2)C2CN(C(=O)OC(C)(C)C)C(O)C12. The maximum atomic E-state index is 13.4. The fourth-order valence-corrected chi connectivity index (χ4v) is 6.78. The van der Waals surface area contributed by atoms with Crippen LogP contribution in [-0.4, -0.2) is 41.6 Å². The van der Waals surface area contributed by atoms with Crippen molar-refractivity contribution in [1.82, 2.24) is 4.90 Å². The van der Waals surface area contributed by atoms with Gasteiger partial charge >= 0.3 is 6.09 Å². The van der Waals surface area contributed by atoms with Crippen LogP contribution in [0.2, 0.25) is 0 Å². The summed E-state index contributed by atoms with van der Waals surface area (Å²) in [5.74, 6) is 0.631.